The summed E-state index contributed by atoms with van der Waals surface area (Å²) >= 11 is 0. The number of anilines is 1. The largest absolute Gasteiger partial charge is 0.277 e. The Morgan fingerprint density at radius 2 is 0.929 bits per heavy atom. The molecule has 0 bridgehead atoms. The van der Waals surface area contributed by atoms with Crippen LogP contribution < -0.4 is 9.47 Å². The standard InChI is InChI=1S/C26H25N2/c1-27(2)25-20-12-13-21-28(25)26(22-14-6-3-7-15-22,23-16-8-4-9-17-23)24-18-10-5-11-19-24/h3-21H,1-2H3/q+1. The molecule has 0 radical (unpaired) electrons. The summed E-state index contributed by atoms with van der Waals surface area (Å²) in [5.41, 5.74) is 3.20. The minimum atomic E-state index is -0.482. The molecule has 0 saturated carbocycles. The fourth-order valence-electron chi connectivity index (χ4n) is 4.04. The fraction of sp³-hybridized carbons (Fsp3) is 0.115. The van der Waals surface area contributed by atoms with Crippen LogP contribution in [0.4, 0.5) is 5.82 Å². The van der Waals surface area contributed by atoms with E-state index in [0.29, 0.717) is 0 Å². The highest BCUT2D eigenvalue weighted by atomic mass is 15.2. The van der Waals surface area contributed by atoms with E-state index in [1.807, 2.05) is 0 Å². The van der Waals surface area contributed by atoms with Crippen molar-refractivity contribution < 1.29 is 4.57 Å². The van der Waals surface area contributed by atoms with Gasteiger partial charge in [-0.25, -0.2) is 4.57 Å². The van der Waals surface area contributed by atoms with Crippen LogP contribution in [0.2, 0.25) is 0 Å². The zero-order valence-electron chi connectivity index (χ0n) is 16.4. The average Bonchev–Trinajstić information content (AvgIpc) is 2.77. The Kier molecular flexibility index (Phi) is 4.94. The first-order valence-corrected chi connectivity index (χ1v) is 9.59. The van der Waals surface area contributed by atoms with Crippen LogP contribution in [0.3, 0.4) is 0 Å². The third kappa shape index (κ3) is 2.97. The van der Waals surface area contributed by atoms with Crippen LogP contribution in [0.15, 0.2) is 115 Å². The van der Waals surface area contributed by atoms with Gasteiger partial charge in [-0.2, -0.15) is 0 Å². The summed E-state index contributed by atoms with van der Waals surface area (Å²) in [6, 6.07) is 38.7. The fourth-order valence-corrected chi connectivity index (χ4v) is 4.04. The Morgan fingerprint density at radius 3 is 1.32 bits per heavy atom. The minimum absolute atomic E-state index is 0.482. The predicted octanol–water partition coefficient (Wildman–Crippen LogP) is 4.88. The topological polar surface area (TPSA) is 7.12 Å². The Bertz CT molecular complexity index is 929. The number of pyridine rings is 1. The molecule has 0 saturated heterocycles. The highest BCUT2D eigenvalue weighted by molar-refractivity contribution is 5.48. The highest BCUT2D eigenvalue weighted by Crippen LogP contribution is 2.37. The predicted molar refractivity (Wildman–Crippen MR) is 116 cm³/mol. The van der Waals surface area contributed by atoms with Crippen LogP contribution in [0.1, 0.15) is 16.7 Å². The van der Waals surface area contributed by atoms with Gasteiger partial charge in [0, 0.05) is 22.8 Å². The Labute approximate surface area is 167 Å². The molecular weight excluding hydrogens is 340 g/mol. The molecule has 0 spiro atoms. The van der Waals surface area contributed by atoms with E-state index in [1.54, 1.807) is 0 Å². The molecule has 0 unspecified atom stereocenters. The van der Waals surface area contributed by atoms with Gasteiger partial charge in [-0.05, 0) is 6.07 Å². The van der Waals surface area contributed by atoms with Crippen LogP contribution in [0.25, 0.3) is 0 Å². The summed E-state index contributed by atoms with van der Waals surface area (Å²) < 4.78 is 2.38. The van der Waals surface area contributed by atoms with Crippen molar-refractivity contribution >= 4 is 5.82 Å². The number of rotatable bonds is 5. The Balaban J connectivity index is 2.18. The molecule has 0 N–H and O–H groups in total. The molecule has 0 fully saturated rings. The molecule has 138 valence electrons. The molecular formula is C26H25N2+. The van der Waals surface area contributed by atoms with Crippen molar-refractivity contribution in [2.45, 2.75) is 5.54 Å². The Morgan fingerprint density at radius 1 is 0.536 bits per heavy atom. The van der Waals surface area contributed by atoms with Crippen molar-refractivity contribution in [3.05, 3.63) is 132 Å². The first-order chi connectivity index (χ1) is 13.7. The molecule has 2 nitrogen and oxygen atoms in total. The van der Waals surface area contributed by atoms with Crippen molar-refractivity contribution in [3.8, 4) is 0 Å². The second-order valence-electron chi connectivity index (χ2n) is 7.13. The van der Waals surface area contributed by atoms with Crippen molar-refractivity contribution in [2.24, 2.45) is 0 Å². The second kappa shape index (κ2) is 7.69. The summed E-state index contributed by atoms with van der Waals surface area (Å²) in [5, 5.41) is 0. The maximum Gasteiger partial charge on any atom is 0.277 e. The van der Waals surface area contributed by atoms with Crippen LogP contribution in [0, 0.1) is 0 Å². The minimum Gasteiger partial charge on any atom is -0.267 e. The zero-order chi connectivity index (χ0) is 19.4. The molecule has 0 aliphatic carbocycles. The summed E-state index contributed by atoms with van der Waals surface area (Å²) in [7, 11) is 4.19. The zero-order valence-corrected chi connectivity index (χ0v) is 16.4. The van der Waals surface area contributed by atoms with Gasteiger partial charge in [0.1, 0.15) is 0 Å². The lowest BCUT2D eigenvalue weighted by Crippen LogP contribution is -2.60. The van der Waals surface area contributed by atoms with Gasteiger partial charge in [0.2, 0.25) is 0 Å². The van der Waals surface area contributed by atoms with E-state index in [9.17, 15) is 0 Å². The maximum atomic E-state index is 2.38. The third-order valence-corrected chi connectivity index (χ3v) is 5.23. The summed E-state index contributed by atoms with van der Waals surface area (Å²) in [6.07, 6.45) is 2.18. The van der Waals surface area contributed by atoms with Crippen molar-refractivity contribution in [3.63, 3.8) is 0 Å². The van der Waals surface area contributed by atoms with Gasteiger partial charge >= 0.3 is 0 Å². The molecule has 4 aromatic rings. The molecule has 1 heterocycles. The second-order valence-corrected chi connectivity index (χ2v) is 7.13. The number of hydrogen-bond acceptors (Lipinski definition) is 1. The van der Waals surface area contributed by atoms with Crippen molar-refractivity contribution in [1.29, 1.82) is 0 Å². The monoisotopic (exact) mass is 365 g/mol. The van der Waals surface area contributed by atoms with E-state index in [4.69, 9.17) is 0 Å². The normalized spacial score (nSPS) is 11.2. The van der Waals surface area contributed by atoms with Gasteiger partial charge in [-0.1, -0.05) is 97.1 Å². The van der Waals surface area contributed by atoms with Crippen molar-refractivity contribution in [2.75, 3.05) is 19.0 Å². The van der Waals surface area contributed by atoms with E-state index in [1.165, 1.54) is 16.7 Å². The van der Waals surface area contributed by atoms with Gasteiger partial charge in [0.05, 0.1) is 20.3 Å². The Hall–Kier alpha value is -3.39. The number of nitrogens with zero attached hydrogens (tertiary/aromatic N) is 2. The van der Waals surface area contributed by atoms with E-state index in [0.717, 1.165) is 5.82 Å². The first kappa shape index (κ1) is 18.0. The van der Waals surface area contributed by atoms with Crippen LogP contribution >= 0.6 is 0 Å². The smallest absolute Gasteiger partial charge is 0.267 e. The summed E-state index contributed by atoms with van der Waals surface area (Å²) in [6.45, 7) is 0. The van der Waals surface area contributed by atoms with Gasteiger partial charge < -0.3 is 0 Å². The van der Waals surface area contributed by atoms with Gasteiger partial charge in [-0.3, -0.25) is 4.90 Å². The lowest BCUT2D eigenvalue weighted by atomic mass is 9.76. The highest BCUT2D eigenvalue weighted by Gasteiger charge is 2.44. The lowest BCUT2D eigenvalue weighted by molar-refractivity contribution is -0.722. The molecule has 0 amide bonds. The van der Waals surface area contributed by atoms with Gasteiger partial charge in [0.15, 0.2) is 5.54 Å². The number of aromatic nitrogens is 1. The lowest BCUT2D eigenvalue weighted by Gasteiger charge is -2.35. The molecule has 28 heavy (non-hydrogen) atoms. The molecule has 2 heteroatoms. The molecule has 0 atom stereocenters. The van der Waals surface area contributed by atoms with E-state index in [-0.39, 0.29) is 0 Å². The molecule has 4 rings (SSSR count). The van der Waals surface area contributed by atoms with E-state index < -0.39 is 5.54 Å². The first-order valence-electron chi connectivity index (χ1n) is 9.59. The maximum absolute atomic E-state index is 2.38. The average molecular weight is 366 g/mol. The summed E-state index contributed by atoms with van der Waals surface area (Å²) in [4.78, 5) is 2.17. The third-order valence-electron chi connectivity index (χ3n) is 5.23. The quantitative estimate of drug-likeness (QED) is 0.361. The van der Waals surface area contributed by atoms with Gasteiger partial charge in [-0.15, -0.1) is 0 Å². The summed E-state index contributed by atoms with van der Waals surface area (Å²) in [5.74, 6) is 1.14. The molecule has 3 aromatic carbocycles. The van der Waals surface area contributed by atoms with Crippen LogP contribution in [0.5, 0.6) is 0 Å². The number of benzene rings is 3. The van der Waals surface area contributed by atoms with Crippen LogP contribution in [-0.4, -0.2) is 14.1 Å². The molecule has 1 aromatic heterocycles. The SMILES string of the molecule is CN(C)c1cccc[n+]1C(c1ccccc1)(c1ccccc1)c1ccccc1. The van der Waals surface area contributed by atoms with Crippen molar-refractivity contribution in [1.82, 2.24) is 0 Å². The molecule has 0 aliphatic rings. The molecule has 0 aliphatic heterocycles. The van der Waals surface area contributed by atoms with E-state index >= 15 is 0 Å². The van der Waals surface area contributed by atoms with E-state index in [2.05, 4.69) is 139 Å². The number of hydrogen-bond donors (Lipinski definition) is 0. The van der Waals surface area contributed by atoms with Gasteiger partial charge in [0.25, 0.3) is 5.82 Å². The van der Waals surface area contributed by atoms with Crippen LogP contribution in [-0.2, 0) is 5.54 Å².